The molecular weight excluding hydrogens is 290 g/mol. The molecule has 0 spiro atoms. The van der Waals surface area contributed by atoms with Crippen molar-refractivity contribution in [1.82, 2.24) is 24.9 Å². The van der Waals surface area contributed by atoms with Gasteiger partial charge in [-0.25, -0.2) is 24.7 Å². The average molecular weight is 301 g/mol. The molecule has 0 saturated carbocycles. The average Bonchev–Trinajstić information content (AvgIpc) is 2.96. The van der Waals surface area contributed by atoms with Crippen molar-refractivity contribution in [2.75, 3.05) is 0 Å². The third-order valence-corrected chi connectivity index (χ3v) is 3.77. The number of fused-ring (bicyclic) bond motifs is 1. The van der Waals surface area contributed by atoms with Gasteiger partial charge in [0.05, 0.1) is 11.9 Å². The highest BCUT2D eigenvalue weighted by molar-refractivity contribution is 7.99. The van der Waals surface area contributed by atoms with E-state index in [2.05, 4.69) is 24.9 Å². The van der Waals surface area contributed by atoms with Crippen molar-refractivity contribution in [2.24, 2.45) is 0 Å². The Bertz CT molecular complexity index is 817. The summed E-state index contributed by atoms with van der Waals surface area (Å²) < 4.78 is 0. The molecular formula is C13H11N5O2S. The van der Waals surface area contributed by atoms with E-state index in [-0.39, 0.29) is 5.56 Å². The van der Waals surface area contributed by atoms with E-state index >= 15 is 0 Å². The summed E-state index contributed by atoms with van der Waals surface area (Å²) in [5.41, 5.74) is 2.23. The lowest BCUT2D eigenvalue weighted by atomic mass is 10.2. The first-order valence-corrected chi connectivity index (χ1v) is 7.05. The number of imidazole rings is 1. The molecule has 7 nitrogen and oxygen atoms in total. The minimum atomic E-state index is -0.969. The van der Waals surface area contributed by atoms with Crippen molar-refractivity contribution in [1.29, 1.82) is 0 Å². The third-order valence-electron chi connectivity index (χ3n) is 2.85. The molecule has 0 fully saturated rings. The molecule has 0 bridgehead atoms. The number of hydrogen-bond acceptors (Lipinski definition) is 6. The van der Waals surface area contributed by atoms with Crippen LogP contribution in [0.1, 0.15) is 23.0 Å². The van der Waals surface area contributed by atoms with Crippen molar-refractivity contribution < 1.29 is 9.90 Å². The minimum absolute atomic E-state index is 0.222. The summed E-state index contributed by atoms with van der Waals surface area (Å²) in [5, 5.41) is 10.4. The van der Waals surface area contributed by atoms with Gasteiger partial charge in [0, 0.05) is 5.69 Å². The van der Waals surface area contributed by atoms with Crippen LogP contribution in [0.15, 0.2) is 34.8 Å². The number of rotatable bonds is 4. The van der Waals surface area contributed by atoms with Crippen molar-refractivity contribution in [3.8, 4) is 0 Å². The van der Waals surface area contributed by atoms with Crippen LogP contribution in [0.3, 0.4) is 0 Å². The standard InChI is InChI=1S/C13H11N5O2S/c1-2-8-3-7(13(19)20)4-9(18-8)21-12-10-11(15-5-14-10)16-6-17-12/h3-6H,2H2,1H3,(H,19,20)(H,14,15,16,17). The van der Waals surface area contributed by atoms with Crippen LogP contribution in [0.2, 0.25) is 0 Å². The second-order valence-corrected chi connectivity index (χ2v) is 5.24. The first-order valence-electron chi connectivity index (χ1n) is 6.23. The van der Waals surface area contributed by atoms with Crippen LogP contribution in [-0.2, 0) is 6.42 Å². The fourth-order valence-electron chi connectivity index (χ4n) is 1.84. The number of nitrogens with zero attached hydrogens (tertiary/aromatic N) is 4. The zero-order valence-electron chi connectivity index (χ0n) is 11.1. The van der Waals surface area contributed by atoms with Crippen LogP contribution in [0, 0.1) is 0 Å². The van der Waals surface area contributed by atoms with Gasteiger partial charge in [0.2, 0.25) is 0 Å². The maximum absolute atomic E-state index is 11.2. The van der Waals surface area contributed by atoms with Gasteiger partial charge in [0.1, 0.15) is 21.9 Å². The molecule has 0 aromatic carbocycles. The van der Waals surface area contributed by atoms with Crippen molar-refractivity contribution in [3.63, 3.8) is 0 Å². The fraction of sp³-hybridized carbons (Fsp3) is 0.154. The van der Waals surface area contributed by atoms with Gasteiger partial charge in [-0.2, -0.15) is 0 Å². The number of carbonyl (C=O) groups is 1. The SMILES string of the molecule is CCc1cc(C(=O)O)cc(Sc2ncnc3nc[nH]c23)n1. The second-order valence-electron chi connectivity index (χ2n) is 4.23. The summed E-state index contributed by atoms with van der Waals surface area (Å²) >= 11 is 1.29. The highest BCUT2D eigenvalue weighted by Crippen LogP contribution is 2.29. The first-order chi connectivity index (χ1) is 10.2. The molecule has 8 heteroatoms. The van der Waals surface area contributed by atoms with Gasteiger partial charge in [0.25, 0.3) is 0 Å². The summed E-state index contributed by atoms with van der Waals surface area (Å²) in [6.45, 7) is 1.93. The van der Waals surface area contributed by atoms with Crippen LogP contribution in [0.25, 0.3) is 11.2 Å². The number of hydrogen-bond donors (Lipinski definition) is 2. The zero-order valence-corrected chi connectivity index (χ0v) is 11.9. The Kier molecular flexibility index (Phi) is 3.53. The topological polar surface area (TPSA) is 105 Å². The second kappa shape index (κ2) is 5.49. The monoisotopic (exact) mass is 301 g/mol. The van der Waals surface area contributed by atoms with E-state index in [1.165, 1.54) is 24.2 Å². The molecule has 0 radical (unpaired) electrons. The molecule has 3 rings (SSSR count). The number of aromatic nitrogens is 5. The maximum atomic E-state index is 11.2. The van der Waals surface area contributed by atoms with E-state index < -0.39 is 5.97 Å². The lowest BCUT2D eigenvalue weighted by Gasteiger charge is -2.05. The van der Waals surface area contributed by atoms with Gasteiger partial charge in [-0.3, -0.25) is 0 Å². The van der Waals surface area contributed by atoms with E-state index in [9.17, 15) is 4.79 Å². The number of carboxylic acids is 1. The van der Waals surface area contributed by atoms with Crippen LogP contribution in [-0.4, -0.2) is 36.0 Å². The molecule has 0 unspecified atom stereocenters. The molecule has 21 heavy (non-hydrogen) atoms. The minimum Gasteiger partial charge on any atom is -0.478 e. The molecule has 2 N–H and O–H groups in total. The Hall–Kier alpha value is -2.48. The predicted octanol–water partition coefficient (Wildman–Crippen LogP) is 2.16. The number of aryl methyl sites for hydroxylation is 1. The highest BCUT2D eigenvalue weighted by atomic mass is 32.2. The molecule has 3 aromatic rings. The molecule has 0 aliphatic carbocycles. The van der Waals surface area contributed by atoms with Crippen molar-refractivity contribution in [3.05, 3.63) is 36.0 Å². The Morgan fingerprint density at radius 2 is 2.19 bits per heavy atom. The summed E-state index contributed by atoms with van der Waals surface area (Å²) in [4.78, 5) is 30.9. The van der Waals surface area contributed by atoms with E-state index in [0.29, 0.717) is 27.6 Å². The summed E-state index contributed by atoms with van der Waals surface area (Å²) in [7, 11) is 0. The number of pyridine rings is 1. The van der Waals surface area contributed by atoms with Crippen LogP contribution >= 0.6 is 11.8 Å². The van der Waals surface area contributed by atoms with Crippen molar-refractivity contribution in [2.45, 2.75) is 23.4 Å². The van der Waals surface area contributed by atoms with Crippen LogP contribution in [0.5, 0.6) is 0 Å². The van der Waals surface area contributed by atoms with Crippen LogP contribution < -0.4 is 0 Å². The quantitative estimate of drug-likeness (QED) is 0.711. The fourth-order valence-corrected chi connectivity index (χ4v) is 2.74. The van der Waals surface area contributed by atoms with E-state index in [1.807, 2.05) is 6.92 Å². The smallest absolute Gasteiger partial charge is 0.335 e. The molecule has 3 heterocycles. The first kappa shape index (κ1) is 13.5. The lowest BCUT2D eigenvalue weighted by molar-refractivity contribution is 0.0696. The molecule has 3 aromatic heterocycles. The predicted molar refractivity (Wildman–Crippen MR) is 76.4 cm³/mol. The van der Waals surface area contributed by atoms with Gasteiger partial charge in [-0.1, -0.05) is 6.92 Å². The maximum Gasteiger partial charge on any atom is 0.335 e. The van der Waals surface area contributed by atoms with E-state index in [0.717, 1.165) is 5.69 Å². The largest absolute Gasteiger partial charge is 0.478 e. The molecule has 0 atom stereocenters. The summed E-state index contributed by atoms with van der Waals surface area (Å²) in [6.07, 6.45) is 3.63. The van der Waals surface area contributed by atoms with Gasteiger partial charge in [-0.15, -0.1) is 0 Å². The number of aromatic amines is 1. The Morgan fingerprint density at radius 3 is 2.95 bits per heavy atom. The Morgan fingerprint density at radius 1 is 1.33 bits per heavy atom. The van der Waals surface area contributed by atoms with Gasteiger partial charge in [-0.05, 0) is 30.3 Å². The number of H-pyrrole nitrogens is 1. The highest BCUT2D eigenvalue weighted by Gasteiger charge is 2.12. The van der Waals surface area contributed by atoms with Gasteiger partial charge >= 0.3 is 5.97 Å². The van der Waals surface area contributed by atoms with E-state index in [1.54, 1.807) is 12.4 Å². The van der Waals surface area contributed by atoms with E-state index in [4.69, 9.17) is 5.11 Å². The Balaban J connectivity index is 2.03. The van der Waals surface area contributed by atoms with Crippen molar-refractivity contribution >= 4 is 28.9 Å². The molecule has 0 aliphatic heterocycles. The normalized spacial score (nSPS) is 10.9. The molecule has 0 amide bonds. The number of aromatic carboxylic acids is 1. The zero-order chi connectivity index (χ0) is 14.8. The molecule has 0 aliphatic rings. The summed E-state index contributed by atoms with van der Waals surface area (Å²) in [5.74, 6) is -0.969. The van der Waals surface area contributed by atoms with Crippen LogP contribution in [0.4, 0.5) is 0 Å². The van der Waals surface area contributed by atoms with Gasteiger partial charge in [0.15, 0.2) is 5.65 Å². The summed E-state index contributed by atoms with van der Waals surface area (Å²) in [6, 6.07) is 3.12. The van der Waals surface area contributed by atoms with Gasteiger partial charge < -0.3 is 10.1 Å². The number of nitrogens with one attached hydrogen (secondary N) is 1. The Labute approximate surface area is 123 Å². The molecule has 106 valence electrons. The number of carboxylic acid groups (broad SMARTS) is 1. The molecule has 0 saturated heterocycles. The lowest BCUT2D eigenvalue weighted by Crippen LogP contribution is -2.01. The third kappa shape index (κ3) is 2.70.